The summed E-state index contributed by atoms with van der Waals surface area (Å²) in [5, 5.41) is 2.92. The van der Waals surface area contributed by atoms with Crippen LogP contribution in [0.1, 0.15) is 47.0 Å². The summed E-state index contributed by atoms with van der Waals surface area (Å²) in [6.07, 6.45) is 1.53. The molecule has 0 spiro atoms. The molecule has 5 heteroatoms. The molecule has 1 saturated heterocycles. The van der Waals surface area contributed by atoms with Crippen molar-refractivity contribution in [3.63, 3.8) is 0 Å². The highest BCUT2D eigenvalue weighted by Gasteiger charge is 2.44. The minimum absolute atomic E-state index is 0.0137. The van der Waals surface area contributed by atoms with E-state index >= 15 is 0 Å². The third-order valence-electron chi connectivity index (χ3n) is 4.13. The monoisotopic (exact) mass is 270 g/mol. The van der Waals surface area contributed by atoms with Crippen LogP contribution in [0.25, 0.3) is 0 Å². The maximum Gasteiger partial charge on any atom is 0.248 e. The molecule has 5 nitrogen and oxygen atoms in total. The van der Waals surface area contributed by atoms with Gasteiger partial charge in [-0.1, -0.05) is 13.8 Å². The fourth-order valence-corrected chi connectivity index (χ4v) is 2.57. The van der Waals surface area contributed by atoms with E-state index in [0.717, 1.165) is 0 Å². The van der Waals surface area contributed by atoms with Crippen molar-refractivity contribution in [3.05, 3.63) is 0 Å². The normalized spacial score (nSPS) is 24.9. The average molecular weight is 270 g/mol. The number of ether oxygens (including phenoxy) is 1. The molecule has 1 fully saturated rings. The summed E-state index contributed by atoms with van der Waals surface area (Å²) in [6.45, 7) is 8.25. The Morgan fingerprint density at radius 2 is 2.00 bits per heavy atom. The molecule has 0 saturated carbocycles. The summed E-state index contributed by atoms with van der Waals surface area (Å²) < 4.78 is 5.25. The van der Waals surface area contributed by atoms with E-state index < -0.39 is 5.54 Å². The third-order valence-corrected chi connectivity index (χ3v) is 4.13. The van der Waals surface area contributed by atoms with Crippen LogP contribution in [0.2, 0.25) is 0 Å². The quantitative estimate of drug-likeness (QED) is 0.819. The molecule has 2 unspecified atom stereocenters. The van der Waals surface area contributed by atoms with Gasteiger partial charge in [-0.3, -0.25) is 9.59 Å². The lowest BCUT2D eigenvalue weighted by Crippen LogP contribution is -2.58. The van der Waals surface area contributed by atoms with E-state index in [1.54, 1.807) is 12.0 Å². The van der Waals surface area contributed by atoms with Crippen LogP contribution in [0.15, 0.2) is 0 Å². The zero-order valence-electron chi connectivity index (χ0n) is 12.7. The lowest BCUT2D eigenvalue weighted by atomic mass is 9.91. The van der Waals surface area contributed by atoms with Gasteiger partial charge in [0.15, 0.2) is 0 Å². The topological polar surface area (TPSA) is 58.6 Å². The van der Waals surface area contributed by atoms with Gasteiger partial charge in [0.1, 0.15) is 5.54 Å². The molecule has 1 rings (SSSR count). The number of nitrogens with zero attached hydrogens (tertiary/aromatic N) is 1. The van der Waals surface area contributed by atoms with Crippen LogP contribution in [-0.2, 0) is 14.3 Å². The first-order valence-electron chi connectivity index (χ1n) is 7.05. The second-order valence-electron chi connectivity index (χ2n) is 5.39. The molecular formula is C14H26N2O3. The van der Waals surface area contributed by atoms with Gasteiger partial charge < -0.3 is 15.0 Å². The lowest BCUT2D eigenvalue weighted by Gasteiger charge is -2.36. The van der Waals surface area contributed by atoms with Crippen molar-refractivity contribution in [1.29, 1.82) is 0 Å². The van der Waals surface area contributed by atoms with Crippen LogP contribution < -0.4 is 5.32 Å². The molecule has 2 atom stereocenters. The van der Waals surface area contributed by atoms with Crippen LogP contribution in [0, 0.1) is 0 Å². The van der Waals surface area contributed by atoms with Gasteiger partial charge in [-0.15, -0.1) is 0 Å². The molecular weight excluding hydrogens is 244 g/mol. The molecule has 1 N–H and O–H groups in total. The first-order chi connectivity index (χ1) is 8.90. The van der Waals surface area contributed by atoms with Crippen molar-refractivity contribution < 1.29 is 14.3 Å². The summed E-state index contributed by atoms with van der Waals surface area (Å²) >= 11 is 0. The van der Waals surface area contributed by atoms with E-state index in [-0.39, 0.29) is 24.0 Å². The fraction of sp³-hybridized carbons (Fsp3) is 0.857. The smallest absolute Gasteiger partial charge is 0.248 e. The molecule has 19 heavy (non-hydrogen) atoms. The number of amides is 2. The zero-order valence-corrected chi connectivity index (χ0v) is 12.7. The van der Waals surface area contributed by atoms with Crippen LogP contribution in [0.4, 0.5) is 0 Å². The molecule has 2 amide bonds. The molecule has 1 heterocycles. The Morgan fingerprint density at radius 1 is 1.42 bits per heavy atom. The zero-order chi connectivity index (χ0) is 14.6. The van der Waals surface area contributed by atoms with Crippen LogP contribution in [0.3, 0.4) is 0 Å². The standard InChI is InChI=1S/C14H26N2O3/c1-6-14(7-2)13(18)16(9-11(4)19-5)10(3)8-12(17)15-14/h10-11H,6-9H2,1-5H3,(H,15,17). The third kappa shape index (κ3) is 3.26. The van der Waals surface area contributed by atoms with Gasteiger partial charge in [0.05, 0.1) is 6.10 Å². The van der Waals surface area contributed by atoms with E-state index in [1.807, 2.05) is 27.7 Å². The first-order valence-corrected chi connectivity index (χ1v) is 7.05. The number of nitrogens with one attached hydrogen (secondary N) is 1. The van der Waals surface area contributed by atoms with E-state index in [0.29, 0.717) is 25.8 Å². The minimum atomic E-state index is -0.755. The van der Waals surface area contributed by atoms with Crippen LogP contribution in [0.5, 0.6) is 0 Å². The highest BCUT2D eigenvalue weighted by molar-refractivity contribution is 5.94. The number of rotatable bonds is 5. The maximum absolute atomic E-state index is 12.8. The molecule has 0 aromatic rings. The number of methoxy groups -OCH3 is 1. The van der Waals surface area contributed by atoms with Crippen molar-refractivity contribution in [3.8, 4) is 0 Å². The minimum Gasteiger partial charge on any atom is -0.380 e. The van der Waals surface area contributed by atoms with Gasteiger partial charge in [0.25, 0.3) is 0 Å². The summed E-state index contributed by atoms with van der Waals surface area (Å²) in [4.78, 5) is 26.5. The molecule has 0 aliphatic carbocycles. The van der Waals surface area contributed by atoms with E-state index in [9.17, 15) is 9.59 Å². The second kappa shape index (κ2) is 6.37. The van der Waals surface area contributed by atoms with E-state index in [2.05, 4.69) is 5.32 Å². The van der Waals surface area contributed by atoms with Gasteiger partial charge in [0, 0.05) is 26.1 Å². The van der Waals surface area contributed by atoms with Crippen molar-refractivity contribution in [2.24, 2.45) is 0 Å². The summed E-state index contributed by atoms with van der Waals surface area (Å²) in [7, 11) is 1.63. The van der Waals surface area contributed by atoms with Gasteiger partial charge in [0.2, 0.25) is 11.8 Å². The van der Waals surface area contributed by atoms with Crippen LogP contribution >= 0.6 is 0 Å². The lowest BCUT2D eigenvalue weighted by molar-refractivity contribution is -0.142. The Bertz CT molecular complexity index is 340. The van der Waals surface area contributed by atoms with Crippen molar-refractivity contribution >= 4 is 11.8 Å². The van der Waals surface area contributed by atoms with E-state index in [4.69, 9.17) is 4.74 Å². The SMILES string of the molecule is CCC1(CC)NC(=O)CC(C)N(CC(C)OC)C1=O. The number of carbonyl (C=O) groups excluding carboxylic acids is 2. The number of hydrogen-bond acceptors (Lipinski definition) is 3. The highest BCUT2D eigenvalue weighted by atomic mass is 16.5. The van der Waals surface area contributed by atoms with Gasteiger partial charge in [-0.2, -0.15) is 0 Å². The average Bonchev–Trinajstić information content (AvgIpc) is 2.48. The number of carbonyl (C=O) groups is 2. The summed E-state index contributed by atoms with van der Waals surface area (Å²) in [6, 6.07) is -0.0925. The molecule has 0 bridgehead atoms. The Balaban J connectivity index is 3.05. The Hall–Kier alpha value is -1.10. The Labute approximate surface area is 115 Å². The van der Waals surface area contributed by atoms with Crippen molar-refractivity contribution in [1.82, 2.24) is 10.2 Å². The van der Waals surface area contributed by atoms with Gasteiger partial charge >= 0.3 is 0 Å². The highest BCUT2D eigenvalue weighted by Crippen LogP contribution is 2.24. The molecule has 0 aromatic carbocycles. The Morgan fingerprint density at radius 3 is 2.47 bits per heavy atom. The molecule has 0 aromatic heterocycles. The largest absolute Gasteiger partial charge is 0.380 e. The van der Waals surface area contributed by atoms with Crippen LogP contribution in [-0.4, -0.2) is 48.1 Å². The second-order valence-corrected chi connectivity index (χ2v) is 5.39. The molecule has 1 aliphatic rings. The molecule has 1 aliphatic heterocycles. The fourth-order valence-electron chi connectivity index (χ4n) is 2.57. The first kappa shape index (κ1) is 16.0. The summed E-state index contributed by atoms with van der Waals surface area (Å²) in [5.41, 5.74) is -0.755. The molecule has 0 radical (unpaired) electrons. The van der Waals surface area contributed by atoms with Gasteiger partial charge in [-0.25, -0.2) is 0 Å². The number of hydrogen-bond donors (Lipinski definition) is 1. The molecule has 110 valence electrons. The van der Waals surface area contributed by atoms with Crippen molar-refractivity contribution in [2.45, 2.75) is 64.6 Å². The maximum atomic E-state index is 12.8. The predicted molar refractivity (Wildman–Crippen MR) is 73.7 cm³/mol. The summed E-state index contributed by atoms with van der Waals surface area (Å²) in [5.74, 6) is -0.0307. The van der Waals surface area contributed by atoms with Crippen molar-refractivity contribution in [2.75, 3.05) is 13.7 Å². The van der Waals surface area contributed by atoms with E-state index in [1.165, 1.54) is 0 Å². The predicted octanol–water partition coefficient (Wildman–Crippen LogP) is 1.32. The van der Waals surface area contributed by atoms with Gasteiger partial charge in [-0.05, 0) is 26.7 Å². The Kier molecular flexibility index (Phi) is 5.35.